The molecule has 1 heterocycles. The molecule has 0 aliphatic rings. The van der Waals surface area contributed by atoms with Crippen molar-refractivity contribution in [2.24, 2.45) is 0 Å². The van der Waals surface area contributed by atoms with Crippen molar-refractivity contribution in [2.75, 3.05) is 26.2 Å². The minimum absolute atomic E-state index is 0.0510. The van der Waals surface area contributed by atoms with Gasteiger partial charge in [0.2, 0.25) is 0 Å². The van der Waals surface area contributed by atoms with Gasteiger partial charge in [0, 0.05) is 30.3 Å². The summed E-state index contributed by atoms with van der Waals surface area (Å²) in [5, 5.41) is 5.48. The Morgan fingerprint density at radius 1 is 1.03 bits per heavy atom. The molecule has 2 N–H and O–H groups in total. The van der Waals surface area contributed by atoms with Crippen LogP contribution in [0.3, 0.4) is 0 Å². The summed E-state index contributed by atoms with van der Waals surface area (Å²) in [5.74, 6) is -0.805. The molecule has 0 aliphatic heterocycles. The summed E-state index contributed by atoms with van der Waals surface area (Å²) in [4.78, 5) is 28.0. The molecule has 0 saturated heterocycles. The summed E-state index contributed by atoms with van der Waals surface area (Å²) in [7, 11) is 0. The molecule has 1 aromatic heterocycles. The van der Waals surface area contributed by atoms with Crippen molar-refractivity contribution < 1.29 is 27.2 Å². The van der Waals surface area contributed by atoms with Crippen LogP contribution in [-0.4, -0.2) is 42.9 Å². The number of amides is 2. The van der Waals surface area contributed by atoms with Gasteiger partial charge >= 0.3 is 6.18 Å². The van der Waals surface area contributed by atoms with E-state index in [9.17, 15) is 22.8 Å². The van der Waals surface area contributed by atoms with E-state index in [0.717, 1.165) is 36.9 Å². The highest BCUT2D eigenvalue weighted by molar-refractivity contribution is 6.33. The molecule has 2 aromatic carbocycles. The number of halogens is 4. The van der Waals surface area contributed by atoms with Gasteiger partial charge in [-0.2, -0.15) is 13.2 Å². The zero-order valence-corrected chi connectivity index (χ0v) is 22.0. The third-order valence-corrected chi connectivity index (χ3v) is 6.22. The summed E-state index contributed by atoms with van der Waals surface area (Å²) in [6.45, 7) is 8.55. The predicted molar refractivity (Wildman–Crippen MR) is 142 cm³/mol. The van der Waals surface area contributed by atoms with Crippen LogP contribution in [0.4, 0.5) is 13.2 Å². The molecule has 0 saturated carbocycles. The van der Waals surface area contributed by atoms with Crippen LogP contribution in [0.1, 0.15) is 41.1 Å². The van der Waals surface area contributed by atoms with Crippen molar-refractivity contribution in [1.29, 1.82) is 0 Å². The number of hydrogen-bond acceptors (Lipinski definition) is 4. The first-order valence-corrected chi connectivity index (χ1v) is 12.5. The first kappa shape index (κ1) is 29.0. The van der Waals surface area contributed by atoms with Crippen LogP contribution < -0.4 is 10.6 Å². The number of alkyl halides is 3. The molecule has 2 amide bonds. The summed E-state index contributed by atoms with van der Waals surface area (Å²) in [5.41, 5.74) is 0.432. The molecule has 10 heteroatoms. The second-order valence-corrected chi connectivity index (χ2v) is 8.96. The highest BCUT2D eigenvalue weighted by atomic mass is 35.5. The van der Waals surface area contributed by atoms with Gasteiger partial charge in [0.15, 0.2) is 0 Å². The van der Waals surface area contributed by atoms with Gasteiger partial charge in [-0.05, 0) is 62.5 Å². The fraction of sp³-hybridized carbons (Fsp3) is 0.286. The number of nitrogens with one attached hydrogen (secondary N) is 2. The zero-order valence-electron chi connectivity index (χ0n) is 21.3. The number of rotatable bonds is 10. The van der Waals surface area contributed by atoms with Crippen molar-refractivity contribution in [2.45, 2.75) is 26.9 Å². The fourth-order valence-corrected chi connectivity index (χ4v) is 3.84. The lowest BCUT2D eigenvalue weighted by Gasteiger charge is -2.18. The molecule has 0 atom stereocenters. The van der Waals surface area contributed by atoms with Crippen molar-refractivity contribution in [3.05, 3.63) is 87.8 Å². The molecule has 0 fully saturated rings. The van der Waals surface area contributed by atoms with E-state index < -0.39 is 23.6 Å². The summed E-state index contributed by atoms with van der Waals surface area (Å²) >= 11 is 6.13. The number of benzene rings is 2. The van der Waals surface area contributed by atoms with E-state index in [4.69, 9.17) is 16.0 Å². The summed E-state index contributed by atoms with van der Waals surface area (Å²) < 4.78 is 45.3. The van der Waals surface area contributed by atoms with Crippen LogP contribution in [0.2, 0.25) is 5.02 Å². The molecule has 6 nitrogen and oxygen atoms in total. The lowest BCUT2D eigenvalue weighted by molar-refractivity contribution is -0.137. The van der Waals surface area contributed by atoms with Crippen LogP contribution in [0.15, 0.2) is 64.7 Å². The SMILES string of the molecule is CCN(CC)CCNC(=O)C(=Cc1ccc(-c2cc(C(F)(F)F)ccc2Cl)o1)NC(=O)c1ccc(C)cc1. The van der Waals surface area contributed by atoms with Crippen molar-refractivity contribution in [3.8, 4) is 11.3 Å². The predicted octanol–water partition coefficient (Wildman–Crippen LogP) is 6.16. The van der Waals surface area contributed by atoms with E-state index >= 15 is 0 Å². The molecule has 3 rings (SSSR count). The lowest BCUT2D eigenvalue weighted by atomic mass is 10.1. The van der Waals surface area contributed by atoms with E-state index in [1.807, 2.05) is 20.8 Å². The van der Waals surface area contributed by atoms with Gasteiger partial charge in [-0.25, -0.2) is 0 Å². The van der Waals surface area contributed by atoms with E-state index in [2.05, 4.69) is 15.5 Å². The average molecular weight is 548 g/mol. The maximum atomic E-state index is 13.2. The molecular formula is C28H29ClF3N3O3. The Kier molecular flexibility index (Phi) is 9.77. The Morgan fingerprint density at radius 3 is 2.34 bits per heavy atom. The molecule has 0 aliphatic carbocycles. The summed E-state index contributed by atoms with van der Waals surface area (Å²) in [6.07, 6.45) is -3.23. The van der Waals surface area contributed by atoms with Crippen LogP contribution >= 0.6 is 11.6 Å². The smallest absolute Gasteiger partial charge is 0.416 e. The highest BCUT2D eigenvalue weighted by Crippen LogP contribution is 2.36. The minimum atomic E-state index is -4.55. The number of likely N-dealkylation sites (N-methyl/N-ethyl adjacent to an activating group) is 1. The quantitative estimate of drug-likeness (QED) is 0.298. The van der Waals surface area contributed by atoms with E-state index in [1.165, 1.54) is 18.2 Å². The van der Waals surface area contributed by atoms with Crippen molar-refractivity contribution in [1.82, 2.24) is 15.5 Å². The minimum Gasteiger partial charge on any atom is -0.457 e. The van der Waals surface area contributed by atoms with Gasteiger partial charge < -0.3 is 20.0 Å². The Bertz CT molecular complexity index is 1300. The monoisotopic (exact) mass is 547 g/mol. The van der Waals surface area contributed by atoms with Gasteiger partial charge in [-0.15, -0.1) is 0 Å². The largest absolute Gasteiger partial charge is 0.457 e. The van der Waals surface area contributed by atoms with Crippen molar-refractivity contribution >= 4 is 29.5 Å². The van der Waals surface area contributed by atoms with E-state index in [-0.39, 0.29) is 27.8 Å². The number of furan rings is 1. The summed E-state index contributed by atoms with van der Waals surface area (Å²) in [6, 6.07) is 12.7. The number of aryl methyl sites for hydroxylation is 1. The molecule has 0 spiro atoms. The van der Waals surface area contributed by atoms with Crippen LogP contribution in [-0.2, 0) is 11.0 Å². The average Bonchev–Trinajstić information content (AvgIpc) is 3.34. The second-order valence-electron chi connectivity index (χ2n) is 8.56. The number of carbonyl (C=O) groups is 2. The van der Waals surface area contributed by atoms with Crippen LogP contribution in [0, 0.1) is 6.92 Å². The Balaban J connectivity index is 1.89. The molecule has 0 bridgehead atoms. The highest BCUT2D eigenvalue weighted by Gasteiger charge is 2.31. The molecule has 0 unspecified atom stereocenters. The van der Waals surface area contributed by atoms with E-state index in [0.29, 0.717) is 18.7 Å². The van der Waals surface area contributed by atoms with Crippen LogP contribution in [0.25, 0.3) is 17.4 Å². The van der Waals surface area contributed by atoms with E-state index in [1.54, 1.807) is 24.3 Å². The van der Waals surface area contributed by atoms with Gasteiger partial charge in [0.05, 0.1) is 10.6 Å². The fourth-order valence-electron chi connectivity index (χ4n) is 3.63. The molecule has 202 valence electrons. The molecular weight excluding hydrogens is 519 g/mol. The normalized spacial score (nSPS) is 12.1. The molecule has 0 radical (unpaired) electrons. The number of nitrogens with zero attached hydrogens (tertiary/aromatic N) is 1. The van der Waals surface area contributed by atoms with Gasteiger partial charge in [0.25, 0.3) is 11.8 Å². The Morgan fingerprint density at radius 2 is 1.71 bits per heavy atom. The van der Waals surface area contributed by atoms with Gasteiger partial charge in [-0.1, -0.05) is 43.1 Å². The standard InChI is InChI=1S/C28H29ClF3N3O3/c1-4-35(5-2)15-14-33-27(37)24(34-26(36)19-8-6-18(3)7-9-19)17-21-11-13-25(38-21)22-16-20(28(30,31)32)10-12-23(22)29/h6-13,16-17H,4-5,14-15H2,1-3H3,(H,33,37)(H,34,36). The third-order valence-electron chi connectivity index (χ3n) is 5.89. The van der Waals surface area contributed by atoms with Crippen molar-refractivity contribution in [3.63, 3.8) is 0 Å². The zero-order chi connectivity index (χ0) is 27.9. The second kappa shape index (κ2) is 12.8. The number of hydrogen-bond donors (Lipinski definition) is 2. The Labute approximate surface area is 224 Å². The van der Waals surface area contributed by atoms with Crippen LogP contribution in [0.5, 0.6) is 0 Å². The maximum absolute atomic E-state index is 13.2. The van der Waals surface area contributed by atoms with Gasteiger partial charge in [0.1, 0.15) is 17.2 Å². The Hall–Kier alpha value is -3.56. The van der Waals surface area contributed by atoms with Gasteiger partial charge in [-0.3, -0.25) is 9.59 Å². The maximum Gasteiger partial charge on any atom is 0.416 e. The third kappa shape index (κ3) is 7.72. The first-order valence-electron chi connectivity index (χ1n) is 12.1. The first-order chi connectivity index (χ1) is 18.0. The number of carbonyl (C=O) groups excluding carboxylic acids is 2. The topological polar surface area (TPSA) is 74.6 Å². The molecule has 38 heavy (non-hydrogen) atoms. The molecule has 3 aromatic rings. The lowest BCUT2D eigenvalue weighted by Crippen LogP contribution is -2.39.